The Hall–Kier alpha value is -1.85. The summed E-state index contributed by atoms with van der Waals surface area (Å²) < 4.78 is 0. The van der Waals surface area contributed by atoms with Crippen molar-refractivity contribution in [2.45, 2.75) is 0 Å². The summed E-state index contributed by atoms with van der Waals surface area (Å²) in [5, 5.41) is 11.7. The first kappa shape index (κ1) is 15.2. The van der Waals surface area contributed by atoms with Gasteiger partial charge in [0.15, 0.2) is 0 Å². The van der Waals surface area contributed by atoms with E-state index in [4.69, 9.17) is 5.11 Å². The number of rotatable bonds is 3. The highest BCUT2D eigenvalue weighted by Gasteiger charge is 2.20. The Kier molecular flexibility index (Phi) is 5.54. The quantitative estimate of drug-likeness (QED) is 0.816. The van der Waals surface area contributed by atoms with Crippen molar-refractivity contribution in [1.29, 1.82) is 0 Å². The van der Waals surface area contributed by atoms with E-state index in [1.807, 2.05) is 18.2 Å². The predicted octanol–water partition coefficient (Wildman–Crippen LogP) is 1.14. The van der Waals surface area contributed by atoms with Gasteiger partial charge in [0.1, 0.15) is 0 Å². The molecule has 0 radical (unpaired) electrons. The average Bonchev–Trinajstić information content (AvgIpc) is 2.37. The van der Waals surface area contributed by atoms with Crippen LogP contribution in [0.4, 0.5) is 5.69 Å². The Labute approximate surface area is 117 Å². The lowest BCUT2D eigenvalue weighted by Gasteiger charge is -2.28. The topological polar surface area (TPSA) is 69.6 Å². The zero-order valence-electron chi connectivity index (χ0n) is 10.2. The number of hydrogen-bond donors (Lipinski definition) is 2. The molecule has 0 bridgehead atoms. The van der Waals surface area contributed by atoms with Crippen molar-refractivity contribution < 1.29 is 14.7 Å². The molecule has 1 fully saturated rings. The summed E-state index contributed by atoms with van der Waals surface area (Å²) in [5.74, 6) is -1.01. The number of piperazine rings is 1. The maximum absolute atomic E-state index is 11.8. The zero-order chi connectivity index (χ0) is 13.0. The van der Waals surface area contributed by atoms with Crippen molar-refractivity contribution in [3.05, 3.63) is 35.9 Å². The Balaban J connectivity index is 0.00000180. The largest absolute Gasteiger partial charge is 0.478 e. The fourth-order valence-corrected chi connectivity index (χ4v) is 1.90. The molecule has 102 valence electrons. The van der Waals surface area contributed by atoms with Crippen molar-refractivity contribution >= 4 is 36.0 Å². The fraction of sp³-hybridized carbons (Fsp3) is 0.231. The Bertz CT molecular complexity index is 502. The summed E-state index contributed by atoms with van der Waals surface area (Å²) in [6.45, 7) is 1.65. The SMILES string of the molecule is Cl.O=C(O)C=Cc1ccccc1N1CCNCC1=O. The zero-order valence-corrected chi connectivity index (χ0v) is 11.0. The van der Waals surface area contributed by atoms with Crippen LogP contribution >= 0.6 is 12.4 Å². The molecule has 0 atom stereocenters. The van der Waals surface area contributed by atoms with E-state index in [0.717, 1.165) is 23.9 Å². The number of hydrogen-bond acceptors (Lipinski definition) is 3. The van der Waals surface area contributed by atoms with Gasteiger partial charge in [-0.05, 0) is 17.7 Å². The van der Waals surface area contributed by atoms with Gasteiger partial charge in [-0.15, -0.1) is 12.4 Å². The van der Waals surface area contributed by atoms with E-state index in [0.29, 0.717) is 13.1 Å². The van der Waals surface area contributed by atoms with Crippen LogP contribution in [0.2, 0.25) is 0 Å². The molecule has 2 N–H and O–H groups in total. The number of halogens is 1. The number of carboxylic acids is 1. The van der Waals surface area contributed by atoms with Crippen molar-refractivity contribution in [3.8, 4) is 0 Å². The highest BCUT2D eigenvalue weighted by molar-refractivity contribution is 5.98. The standard InChI is InChI=1S/C13H14N2O3.ClH/c16-12-9-14-7-8-15(12)11-4-2-1-3-10(11)5-6-13(17)18;/h1-6,14H,7-9H2,(H,17,18);1H. The van der Waals surface area contributed by atoms with Crippen LogP contribution in [-0.4, -0.2) is 36.6 Å². The van der Waals surface area contributed by atoms with Crippen molar-refractivity contribution in [2.24, 2.45) is 0 Å². The van der Waals surface area contributed by atoms with E-state index >= 15 is 0 Å². The van der Waals surface area contributed by atoms with E-state index in [-0.39, 0.29) is 18.3 Å². The van der Waals surface area contributed by atoms with E-state index < -0.39 is 5.97 Å². The molecule has 0 spiro atoms. The third kappa shape index (κ3) is 3.81. The van der Waals surface area contributed by atoms with Crippen LogP contribution in [0.3, 0.4) is 0 Å². The highest BCUT2D eigenvalue weighted by Crippen LogP contribution is 2.22. The van der Waals surface area contributed by atoms with Crippen LogP contribution in [0, 0.1) is 0 Å². The van der Waals surface area contributed by atoms with Crippen molar-refractivity contribution in [3.63, 3.8) is 0 Å². The normalized spacial score (nSPS) is 15.4. The van der Waals surface area contributed by atoms with Gasteiger partial charge in [-0.3, -0.25) is 4.79 Å². The maximum atomic E-state index is 11.8. The van der Waals surface area contributed by atoms with Gasteiger partial charge in [0.05, 0.1) is 12.2 Å². The van der Waals surface area contributed by atoms with E-state index in [2.05, 4.69) is 5.32 Å². The second-order valence-corrected chi connectivity index (χ2v) is 3.95. The van der Waals surface area contributed by atoms with Gasteiger partial charge in [0, 0.05) is 19.2 Å². The number of carbonyl (C=O) groups is 2. The summed E-state index contributed by atoms with van der Waals surface area (Å²) in [7, 11) is 0. The van der Waals surface area contributed by atoms with Crippen LogP contribution in [0.1, 0.15) is 5.56 Å². The average molecular weight is 283 g/mol. The molecule has 5 nitrogen and oxygen atoms in total. The third-order valence-corrected chi connectivity index (χ3v) is 2.72. The Morgan fingerprint density at radius 1 is 1.37 bits per heavy atom. The first-order chi connectivity index (χ1) is 8.68. The maximum Gasteiger partial charge on any atom is 0.328 e. The lowest BCUT2D eigenvalue weighted by Crippen LogP contribution is -2.48. The number of benzene rings is 1. The van der Waals surface area contributed by atoms with Gasteiger partial charge in [0.2, 0.25) is 5.91 Å². The number of carbonyl (C=O) groups excluding carboxylic acids is 1. The smallest absolute Gasteiger partial charge is 0.328 e. The monoisotopic (exact) mass is 282 g/mol. The number of nitrogens with zero attached hydrogens (tertiary/aromatic N) is 1. The fourth-order valence-electron chi connectivity index (χ4n) is 1.90. The third-order valence-electron chi connectivity index (χ3n) is 2.72. The second kappa shape index (κ2) is 6.92. The molecule has 19 heavy (non-hydrogen) atoms. The first-order valence-electron chi connectivity index (χ1n) is 5.69. The summed E-state index contributed by atoms with van der Waals surface area (Å²) in [5.41, 5.74) is 1.48. The minimum atomic E-state index is -1.00. The van der Waals surface area contributed by atoms with Crippen LogP contribution < -0.4 is 10.2 Å². The summed E-state index contributed by atoms with van der Waals surface area (Å²) in [6.07, 6.45) is 2.58. The molecule has 0 saturated carbocycles. The van der Waals surface area contributed by atoms with Gasteiger partial charge in [0.25, 0.3) is 0 Å². The van der Waals surface area contributed by atoms with Gasteiger partial charge in [-0.2, -0.15) is 0 Å². The second-order valence-electron chi connectivity index (χ2n) is 3.95. The summed E-state index contributed by atoms with van der Waals surface area (Å²) in [6, 6.07) is 7.27. The molecule has 1 saturated heterocycles. The van der Waals surface area contributed by atoms with E-state index in [9.17, 15) is 9.59 Å². The molecule has 0 aliphatic carbocycles. The molecule has 1 heterocycles. The van der Waals surface area contributed by atoms with Gasteiger partial charge < -0.3 is 15.3 Å². The summed E-state index contributed by atoms with van der Waals surface area (Å²) in [4.78, 5) is 24.0. The number of anilines is 1. The molecule has 1 aromatic carbocycles. The number of nitrogens with one attached hydrogen (secondary N) is 1. The predicted molar refractivity (Wildman–Crippen MR) is 75.6 cm³/mol. The molecule has 1 aromatic rings. The van der Waals surface area contributed by atoms with Crippen LogP contribution in [-0.2, 0) is 9.59 Å². The van der Waals surface area contributed by atoms with Gasteiger partial charge >= 0.3 is 5.97 Å². The van der Waals surface area contributed by atoms with Crippen LogP contribution in [0.5, 0.6) is 0 Å². The molecule has 1 amide bonds. The molecular weight excluding hydrogens is 268 g/mol. The molecule has 0 unspecified atom stereocenters. The summed E-state index contributed by atoms with van der Waals surface area (Å²) >= 11 is 0. The number of aliphatic carboxylic acids is 1. The molecular formula is C13H15ClN2O3. The minimum Gasteiger partial charge on any atom is -0.478 e. The van der Waals surface area contributed by atoms with Crippen molar-refractivity contribution in [1.82, 2.24) is 5.32 Å². The van der Waals surface area contributed by atoms with Gasteiger partial charge in [-0.1, -0.05) is 18.2 Å². The molecule has 1 aliphatic rings. The van der Waals surface area contributed by atoms with E-state index in [1.165, 1.54) is 6.08 Å². The van der Waals surface area contributed by atoms with Crippen molar-refractivity contribution in [2.75, 3.05) is 24.5 Å². The lowest BCUT2D eigenvalue weighted by molar-refractivity contribution is -0.131. The number of amides is 1. The Morgan fingerprint density at radius 3 is 2.79 bits per heavy atom. The first-order valence-corrected chi connectivity index (χ1v) is 5.69. The van der Waals surface area contributed by atoms with Crippen LogP contribution in [0.15, 0.2) is 30.3 Å². The number of para-hydroxylation sites is 1. The van der Waals surface area contributed by atoms with E-state index in [1.54, 1.807) is 11.0 Å². The lowest BCUT2D eigenvalue weighted by atomic mass is 10.1. The van der Waals surface area contributed by atoms with Gasteiger partial charge in [-0.25, -0.2) is 4.79 Å². The molecule has 2 rings (SSSR count). The highest BCUT2D eigenvalue weighted by atomic mass is 35.5. The molecule has 1 aliphatic heterocycles. The Morgan fingerprint density at radius 2 is 2.11 bits per heavy atom. The van der Waals surface area contributed by atoms with Crippen LogP contribution in [0.25, 0.3) is 6.08 Å². The minimum absolute atomic E-state index is 0. The number of carboxylic acid groups (broad SMARTS) is 1. The molecule has 0 aromatic heterocycles. The molecule has 6 heteroatoms.